The lowest BCUT2D eigenvalue weighted by Crippen LogP contribution is -2.47. The molecule has 1 unspecified atom stereocenters. The van der Waals surface area contributed by atoms with E-state index in [2.05, 4.69) is 19.1 Å². The van der Waals surface area contributed by atoms with Crippen molar-refractivity contribution in [2.75, 3.05) is 0 Å². The minimum atomic E-state index is -0.217. The highest BCUT2D eigenvalue weighted by molar-refractivity contribution is 5.48. The Balaban J connectivity index is 2.06. The van der Waals surface area contributed by atoms with Gasteiger partial charge in [0.05, 0.1) is 6.04 Å². The van der Waals surface area contributed by atoms with Crippen LogP contribution in [-0.2, 0) is 0 Å². The van der Waals surface area contributed by atoms with Gasteiger partial charge in [-0.25, -0.2) is 0 Å². The third-order valence-corrected chi connectivity index (χ3v) is 4.32. The van der Waals surface area contributed by atoms with Gasteiger partial charge >= 0.3 is 0 Å². The van der Waals surface area contributed by atoms with Crippen LogP contribution in [0.1, 0.15) is 31.4 Å². The average Bonchev–Trinajstić information content (AvgIpc) is 2.78. The van der Waals surface area contributed by atoms with E-state index in [4.69, 9.17) is 0 Å². The SMILES string of the molecule is C[C@@H]1CC[C@@H](c2ccccc2)[N+]1([O-])c1ccccc1. The highest BCUT2D eigenvalue weighted by Crippen LogP contribution is 2.46. The minimum Gasteiger partial charge on any atom is -0.627 e. The molecule has 98 valence electrons. The van der Waals surface area contributed by atoms with Gasteiger partial charge in [0.2, 0.25) is 0 Å². The van der Waals surface area contributed by atoms with E-state index in [1.54, 1.807) is 0 Å². The van der Waals surface area contributed by atoms with Crippen molar-refractivity contribution < 1.29 is 0 Å². The molecule has 0 N–H and O–H groups in total. The van der Waals surface area contributed by atoms with E-state index >= 15 is 0 Å². The molecule has 1 aliphatic heterocycles. The van der Waals surface area contributed by atoms with Crippen LogP contribution in [-0.4, -0.2) is 6.04 Å². The van der Waals surface area contributed by atoms with Crippen LogP contribution in [0.4, 0.5) is 5.69 Å². The first kappa shape index (κ1) is 12.4. The van der Waals surface area contributed by atoms with E-state index in [9.17, 15) is 5.21 Å². The fourth-order valence-electron chi connectivity index (χ4n) is 3.25. The normalized spacial score (nSPS) is 30.4. The molecule has 2 heteroatoms. The zero-order valence-electron chi connectivity index (χ0n) is 11.2. The molecule has 3 rings (SSSR count). The largest absolute Gasteiger partial charge is 0.627 e. The average molecular weight is 253 g/mol. The molecule has 1 aliphatic rings. The molecular weight excluding hydrogens is 234 g/mol. The lowest BCUT2D eigenvalue weighted by atomic mass is 10.0. The van der Waals surface area contributed by atoms with Crippen molar-refractivity contribution in [1.82, 2.24) is 4.65 Å². The number of quaternary nitrogens is 1. The molecule has 0 radical (unpaired) electrons. The fraction of sp³-hybridized carbons (Fsp3) is 0.294. The van der Waals surface area contributed by atoms with Crippen LogP contribution in [0.2, 0.25) is 0 Å². The van der Waals surface area contributed by atoms with E-state index in [0.29, 0.717) is 0 Å². The van der Waals surface area contributed by atoms with Crippen LogP contribution in [0, 0.1) is 5.21 Å². The number of hydroxylamine groups is 2. The maximum Gasteiger partial charge on any atom is 0.133 e. The third-order valence-electron chi connectivity index (χ3n) is 4.32. The molecule has 1 heterocycles. The molecule has 0 aliphatic carbocycles. The summed E-state index contributed by atoms with van der Waals surface area (Å²) in [5.74, 6) is 0. The Morgan fingerprint density at radius 1 is 0.895 bits per heavy atom. The number of rotatable bonds is 2. The predicted octanol–water partition coefficient (Wildman–Crippen LogP) is 4.42. The number of benzene rings is 2. The smallest absolute Gasteiger partial charge is 0.133 e. The summed E-state index contributed by atoms with van der Waals surface area (Å²) in [5.41, 5.74) is 2.03. The number of hydrogen-bond acceptors (Lipinski definition) is 1. The monoisotopic (exact) mass is 253 g/mol. The quantitative estimate of drug-likeness (QED) is 0.574. The first-order valence-electron chi connectivity index (χ1n) is 6.93. The zero-order valence-corrected chi connectivity index (χ0v) is 11.2. The summed E-state index contributed by atoms with van der Waals surface area (Å²) < 4.78 is -0.217. The standard InChI is InChI=1S/C17H19NO/c1-14-12-13-17(15-8-4-2-5-9-15)18(14,19)16-10-6-3-7-11-16/h2-11,14,17H,12-13H2,1H3/t14-,17+,18?/m1/s1. The Bertz CT molecular complexity index is 540. The van der Waals surface area contributed by atoms with E-state index in [1.165, 1.54) is 0 Å². The molecule has 0 aromatic heterocycles. The number of para-hydroxylation sites is 1. The highest BCUT2D eigenvalue weighted by Gasteiger charge is 2.43. The Labute approximate surface area is 114 Å². The van der Waals surface area contributed by atoms with Crippen LogP contribution < -0.4 is 4.65 Å². The van der Waals surface area contributed by atoms with Crippen molar-refractivity contribution in [3.8, 4) is 0 Å². The van der Waals surface area contributed by atoms with Gasteiger partial charge in [0.1, 0.15) is 11.7 Å². The van der Waals surface area contributed by atoms with Gasteiger partial charge in [0.15, 0.2) is 0 Å². The molecular formula is C17H19NO. The van der Waals surface area contributed by atoms with Gasteiger partial charge in [-0.05, 0) is 19.1 Å². The molecule has 2 nitrogen and oxygen atoms in total. The van der Waals surface area contributed by atoms with Gasteiger partial charge in [-0.3, -0.25) is 0 Å². The summed E-state index contributed by atoms with van der Waals surface area (Å²) in [6, 6.07) is 20.2. The minimum absolute atomic E-state index is 0.0265. The Hall–Kier alpha value is -1.64. The van der Waals surface area contributed by atoms with E-state index < -0.39 is 0 Å². The van der Waals surface area contributed by atoms with E-state index in [-0.39, 0.29) is 16.7 Å². The second-order valence-electron chi connectivity index (χ2n) is 5.40. The van der Waals surface area contributed by atoms with Crippen molar-refractivity contribution in [2.45, 2.75) is 31.8 Å². The van der Waals surface area contributed by atoms with Crippen molar-refractivity contribution in [3.63, 3.8) is 0 Å². The van der Waals surface area contributed by atoms with Gasteiger partial charge in [-0.15, -0.1) is 0 Å². The summed E-state index contributed by atoms with van der Waals surface area (Å²) >= 11 is 0. The third kappa shape index (κ3) is 1.97. The van der Waals surface area contributed by atoms with Crippen LogP contribution in [0.15, 0.2) is 60.7 Å². The van der Waals surface area contributed by atoms with Gasteiger partial charge in [-0.1, -0.05) is 48.5 Å². The van der Waals surface area contributed by atoms with Crippen LogP contribution in [0.5, 0.6) is 0 Å². The zero-order chi connectivity index (χ0) is 13.3. The lowest BCUT2D eigenvalue weighted by Gasteiger charge is -2.47. The van der Waals surface area contributed by atoms with Gasteiger partial charge in [-0.2, -0.15) is 0 Å². The highest BCUT2D eigenvalue weighted by atomic mass is 16.6. The first-order valence-corrected chi connectivity index (χ1v) is 6.93. The topological polar surface area (TPSA) is 23.1 Å². The molecule has 2 aromatic rings. The van der Waals surface area contributed by atoms with Crippen LogP contribution in [0.25, 0.3) is 0 Å². The Morgan fingerprint density at radius 2 is 1.47 bits per heavy atom. The maximum absolute atomic E-state index is 13.5. The molecule has 1 fully saturated rings. The fourth-order valence-corrected chi connectivity index (χ4v) is 3.25. The molecule has 3 atom stereocenters. The molecule has 0 bridgehead atoms. The van der Waals surface area contributed by atoms with Crippen molar-refractivity contribution in [3.05, 3.63) is 71.4 Å². The molecule has 19 heavy (non-hydrogen) atoms. The second kappa shape index (κ2) is 4.80. The molecule has 0 saturated carbocycles. The summed E-state index contributed by atoms with van der Waals surface area (Å²) in [6.07, 6.45) is 1.95. The van der Waals surface area contributed by atoms with E-state index in [0.717, 1.165) is 24.1 Å². The first-order chi connectivity index (χ1) is 9.23. The summed E-state index contributed by atoms with van der Waals surface area (Å²) in [7, 11) is 0. The van der Waals surface area contributed by atoms with Gasteiger partial charge in [0, 0.05) is 18.4 Å². The summed E-state index contributed by atoms with van der Waals surface area (Å²) in [5, 5.41) is 13.5. The van der Waals surface area contributed by atoms with E-state index in [1.807, 2.05) is 48.5 Å². The predicted molar refractivity (Wildman–Crippen MR) is 79.5 cm³/mol. The second-order valence-corrected chi connectivity index (χ2v) is 5.40. The molecule has 1 saturated heterocycles. The van der Waals surface area contributed by atoms with Crippen molar-refractivity contribution in [2.24, 2.45) is 0 Å². The molecule has 2 aromatic carbocycles. The Morgan fingerprint density at radius 3 is 2.11 bits per heavy atom. The van der Waals surface area contributed by atoms with Crippen LogP contribution in [0.3, 0.4) is 0 Å². The van der Waals surface area contributed by atoms with Gasteiger partial charge in [0.25, 0.3) is 0 Å². The molecule has 0 amide bonds. The number of nitrogens with zero attached hydrogens (tertiary/aromatic N) is 1. The van der Waals surface area contributed by atoms with Crippen molar-refractivity contribution in [1.29, 1.82) is 0 Å². The maximum atomic E-state index is 13.5. The number of hydrogen-bond donors (Lipinski definition) is 0. The Kier molecular flexibility index (Phi) is 3.13. The molecule has 0 spiro atoms. The summed E-state index contributed by atoms with van der Waals surface area (Å²) in [4.78, 5) is 0. The summed E-state index contributed by atoms with van der Waals surface area (Å²) in [6.45, 7) is 2.07. The van der Waals surface area contributed by atoms with Crippen molar-refractivity contribution >= 4 is 5.69 Å². The van der Waals surface area contributed by atoms with Gasteiger partial charge < -0.3 is 9.85 Å². The lowest BCUT2D eigenvalue weighted by molar-refractivity contribution is 0.292. The van der Waals surface area contributed by atoms with Crippen LogP contribution >= 0.6 is 0 Å².